The van der Waals surface area contributed by atoms with Crippen molar-refractivity contribution in [1.29, 1.82) is 0 Å². The highest BCUT2D eigenvalue weighted by Gasteiger charge is 2.25. The van der Waals surface area contributed by atoms with E-state index in [1.165, 1.54) is 0 Å². The minimum Gasteiger partial charge on any atom is -0.369 e. The van der Waals surface area contributed by atoms with Gasteiger partial charge in [-0.1, -0.05) is 85.2 Å². The highest BCUT2D eigenvalue weighted by Crippen LogP contribution is 2.39. The molecule has 4 nitrogen and oxygen atoms in total. The summed E-state index contributed by atoms with van der Waals surface area (Å²) in [6.45, 7) is 7.41. The van der Waals surface area contributed by atoms with Gasteiger partial charge in [-0.05, 0) is 48.2 Å². The summed E-state index contributed by atoms with van der Waals surface area (Å²) in [6.07, 6.45) is 3.69. The SMILES string of the molecule is CC(C)c1nc(COCc2ccccc2)n(C(C)c2cccnc2)c1Sc1cc(Cl)cc(Cl)c1. The molecule has 7 heteroatoms. The number of pyridine rings is 1. The zero-order chi connectivity index (χ0) is 24.1. The Labute approximate surface area is 215 Å². The van der Waals surface area contributed by atoms with Crippen LogP contribution in [0, 0.1) is 0 Å². The van der Waals surface area contributed by atoms with Crippen LogP contribution >= 0.6 is 35.0 Å². The van der Waals surface area contributed by atoms with Crippen molar-refractivity contribution in [1.82, 2.24) is 14.5 Å². The number of aromatic nitrogens is 3. The number of hydrogen-bond donors (Lipinski definition) is 0. The van der Waals surface area contributed by atoms with E-state index in [9.17, 15) is 0 Å². The second kappa shape index (κ2) is 11.4. The molecular formula is C27H27Cl2N3OS. The van der Waals surface area contributed by atoms with E-state index in [1.807, 2.05) is 42.6 Å². The maximum Gasteiger partial charge on any atom is 0.136 e. The van der Waals surface area contributed by atoms with Gasteiger partial charge in [0.05, 0.1) is 18.3 Å². The van der Waals surface area contributed by atoms with Gasteiger partial charge in [0.1, 0.15) is 17.5 Å². The van der Waals surface area contributed by atoms with Gasteiger partial charge in [-0.25, -0.2) is 4.98 Å². The van der Waals surface area contributed by atoms with Crippen LogP contribution in [0.25, 0.3) is 0 Å². The van der Waals surface area contributed by atoms with Crippen LogP contribution in [0.2, 0.25) is 10.0 Å². The molecule has 34 heavy (non-hydrogen) atoms. The summed E-state index contributed by atoms with van der Waals surface area (Å²) in [5, 5.41) is 2.28. The molecule has 0 fully saturated rings. The van der Waals surface area contributed by atoms with E-state index >= 15 is 0 Å². The fourth-order valence-corrected chi connectivity index (χ4v) is 5.76. The van der Waals surface area contributed by atoms with Crippen molar-refractivity contribution in [3.05, 3.63) is 106 Å². The summed E-state index contributed by atoms with van der Waals surface area (Å²) in [5.74, 6) is 1.11. The minimum atomic E-state index is 0.0150. The predicted molar refractivity (Wildman–Crippen MR) is 140 cm³/mol. The van der Waals surface area contributed by atoms with Crippen molar-refractivity contribution in [3.8, 4) is 0 Å². The van der Waals surface area contributed by atoms with Gasteiger partial charge in [0.25, 0.3) is 0 Å². The third-order valence-corrected chi connectivity index (χ3v) is 6.97. The van der Waals surface area contributed by atoms with Crippen LogP contribution in [-0.4, -0.2) is 14.5 Å². The van der Waals surface area contributed by atoms with Crippen LogP contribution in [0.15, 0.2) is 83.0 Å². The molecule has 2 aromatic carbocycles. The third-order valence-electron chi connectivity index (χ3n) is 5.46. The van der Waals surface area contributed by atoms with Crippen molar-refractivity contribution >= 4 is 35.0 Å². The lowest BCUT2D eigenvalue weighted by Gasteiger charge is -2.20. The summed E-state index contributed by atoms with van der Waals surface area (Å²) in [4.78, 5) is 10.4. The van der Waals surface area contributed by atoms with E-state index in [0.717, 1.165) is 32.6 Å². The molecule has 4 aromatic rings. The Kier molecular flexibility index (Phi) is 8.32. The molecule has 0 aliphatic carbocycles. The molecule has 0 amide bonds. The Morgan fingerprint density at radius 1 is 0.941 bits per heavy atom. The topological polar surface area (TPSA) is 39.9 Å². The zero-order valence-electron chi connectivity index (χ0n) is 19.4. The molecule has 4 rings (SSSR count). The second-order valence-electron chi connectivity index (χ2n) is 8.39. The molecule has 0 bridgehead atoms. The maximum atomic E-state index is 6.30. The zero-order valence-corrected chi connectivity index (χ0v) is 21.7. The molecule has 2 aromatic heterocycles. The second-order valence-corrected chi connectivity index (χ2v) is 10.3. The summed E-state index contributed by atoms with van der Waals surface area (Å²) in [7, 11) is 0. The van der Waals surface area contributed by atoms with Crippen LogP contribution < -0.4 is 0 Å². The van der Waals surface area contributed by atoms with E-state index in [-0.39, 0.29) is 12.0 Å². The number of hydrogen-bond acceptors (Lipinski definition) is 4. The average Bonchev–Trinajstić information content (AvgIpc) is 3.17. The number of nitrogens with zero attached hydrogens (tertiary/aromatic N) is 3. The molecule has 0 saturated carbocycles. The van der Waals surface area contributed by atoms with Crippen molar-refractivity contribution < 1.29 is 4.74 Å². The standard InChI is InChI=1S/C27H27Cl2N3OS/c1-18(2)26-27(34-24-13-22(28)12-23(29)14-24)32(19(3)21-10-7-11-30-15-21)25(31-26)17-33-16-20-8-5-4-6-9-20/h4-15,18-19H,16-17H2,1-3H3. The van der Waals surface area contributed by atoms with Gasteiger partial charge in [-0.15, -0.1) is 0 Å². The minimum absolute atomic E-state index is 0.0150. The summed E-state index contributed by atoms with van der Waals surface area (Å²) < 4.78 is 8.38. The van der Waals surface area contributed by atoms with E-state index in [0.29, 0.717) is 23.3 Å². The molecule has 176 valence electrons. The Morgan fingerprint density at radius 2 is 1.68 bits per heavy atom. The molecule has 2 heterocycles. The van der Waals surface area contributed by atoms with E-state index in [4.69, 9.17) is 32.9 Å². The van der Waals surface area contributed by atoms with E-state index < -0.39 is 0 Å². The first kappa shape index (κ1) is 24.8. The van der Waals surface area contributed by atoms with Gasteiger partial charge in [-0.3, -0.25) is 4.98 Å². The van der Waals surface area contributed by atoms with Gasteiger partial charge < -0.3 is 9.30 Å². The third kappa shape index (κ3) is 6.02. The summed E-state index contributed by atoms with van der Waals surface area (Å²) in [5.41, 5.74) is 3.26. The number of imidazole rings is 1. The van der Waals surface area contributed by atoms with Gasteiger partial charge in [-0.2, -0.15) is 0 Å². The van der Waals surface area contributed by atoms with E-state index in [2.05, 4.69) is 48.5 Å². The Morgan fingerprint density at radius 3 is 2.32 bits per heavy atom. The van der Waals surface area contributed by atoms with Crippen molar-refractivity contribution in [2.24, 2.45) is 0 Å². The lowest BCUT2D eigenvalue weighted by Crippen LogP contribution is -2.13. The highest BCUT2D eigenvalue weighted by atomic mass is 35.5. The largest absolute Gasteiger partial charge is 0.369 e. The van der Waals surface area contributed by atoms with Gasteiger partial charge >= 0.3 is 0 Å². The lowest BCUT2D eigenvalue weighted by atomic mass is 10.1. The number of halogens is 2. The smallest absolute Gasteiger partial charge is 0.136 e. The maximum absolute atomic E-state index is 6.30. The molecule has 0 aliphatic rings. The number of benzene rings is 2. The Hall–Kier alpha value is -2.31. The predicted octanol–water partition coefficient (Wildman–Crippen LogP) is 8.19. The van der Waals surface area contributed by atoms with Crippen LogP contribution in [-0.2, 0) is 18.0 Å². The van der Waals surface area contributed by atoms with Gasteiger partial charge in [0.2, 0.25) is 0 Å². The van der Waals surface area contributed by atoms with Crippen LogP contribution in [0.3, 0.4) is 0 Å². The lowest BCUT2D eigenvalue weighted by molar-refractivity contribution is 0.0983. The van der Waals surface area contributed by atoms with Crippen molar-refractivity contribution in [2.45, 2.75) is 55.9 Å². The fourth-order valence-electron chi connectivity index (χ4n) is 3.77. The summed E-state index contributed by atoms with van der Waals surface area (Å²) in [6, 6.07) is 19.8. The van der Waals surface area contributed by atoms with Crippen LogP contribution in [0.1, 0.15) is 55.4 Å². The Balaban J connectivity index is 1.74. The van der Waals surface area contributed by atoms with Crippen molar-refractivity contribution in [3.63, 3.8) is 0 Å². The molecule has 0 spiro atoms. The first-order valence-corrected chi connectivity index (χ1v) is 12.8. The molecule has 1 atom stereocenters. The number of rotatable bonds is 9. The molecule has 0 saturated heterocycles. The van der Waals surface area contributed by atoms with Crippen molar-refractivity contribution in [2.75, 3.05) is 0 Å². The quantitative estimate of drug-likeness (QED) is 0.227. The summed E-state index contributed by atoms with van der Waals surface area (Å²) >= 11 is 14.2. The molecule has 1 unspecified atom stereocenters. The first-order chi connectivity index (χ1) is 16.4. The van der Waals surface area contributed by atoms with E-state index in [1.54, 1.807) is 24.0 Å². The molecule has 0 radical (unpaired) electrons. The molecule has 0 N–H and O–H groups in total. The Bertz CT molecular complexity index is 1210. The average molecular weight is 513 g/mol. The first-order valence-electron chi connectivity index (χ1n) is 11.2. The fraction of sp³-hybridized carbons (Fsp3) is 0.259. The molecule has 0 aliphatic heterocycles. The monoisotopic (exact) mass is 511 g/mol. The van der Waals surface area contributed by atoms with Crippen LogP contribution in [0.5, 0.6) is 0 Å². The number of ether oxygens (including phenoxy) is 1. The van der Waals surface area contributed by atoms with Gasteiger partial charge in [0, 0.05) is 27.3 Å². The van der Waals surface area contributed by atoms with Crippen LogP contribution in [0.4, 0.5) is 0 Å². The van der Waals surface area contributed by atoms with Gasteiger partial charge in [0.15, 0.2) is 0 Å². The highest BCUT2D eigenvalue weighted by molar-refractivity contribution is 7.99. The normalized spacial score (nSPS) is 12.3. The molecular weight excluding hydrogens is 485 g/mol.